The predicted octanol–water partition coefficient (Wildman–Crippen LogP) is 4.04. The second-order valence-corrected chi connectivity index (χ2v) is 8.15. The van der Waals surface area contributed by atoms with E-state index in [1.807, 2.05) is 41.2 Å². The standard InChI is InChI=1S/C23H22N6OS/c1-30-12-6-11-25-21-19-13-18(16-7-3-2-4-8-16)15-26-22(19)31-23-27-20(28-29(21)23)17-9-5-10-24-14-17/h2-5,7-10,13-15,21,25H,6,11-12H2,1H3/t21-/m1/s1. The van der Waals surface area contributed by atoms with E-state index in [9.17, 15) is 0 Å². The lowest BCUT2D eigenvalue weighted by Gasteiger charge is -2.26. The highest BCUT2D eigenvalue weighted by Gasteiger charge is 2.30. The van der Waals surface area contributed by atoms with Crippen LogP contribution in [0.3, 0.4) is 0 Å². The summed E-state index contributed by atoms with van der Waals surface area (Å²) >= 11 is 1.54. The minimum atomic E-state index is -0.155. The van der Waals surface area contributed by atoms with E-state index in [1.54, 1.807) is 31.3 Å². The highest BCUT2D eigenvalue weighted by atomic mass is 32.2. The zero-order valence-corrected chi connectivity index (χ0v) is 17.9. The summed E-state index contributed by atoms with van der Waals surface area (Å²) in [4.78, 5) is 13.7. The van der Waals surface area contributed by atoms with Gasteiger partial charge in [-0.2, -0.15) is 0 Å². The van der Waals surface area contributed by atoms with E-state index < -0.39 is 0 Å². The maximum absolute atomic E-state index is 5.21. The second-order valence-electron chi connectivity index (χ2n) is 7.19. The van der Waals surface area contributed by atoms with E-state index >= 15 is 0 Å². The van der Waals surface area contributed by atoms with Crippen molar-refractivity contribution in [1.29, 1.82) is 0 Å². The first-order valence-electron chi connectivity index (χ1n) is 10.2. The lowest BCUT2D eigenvalue weighted by atomic mass is 10.0. The van der Waals surface area contributed by atoms with Crippen molar-refractivity contribution in [2.45, 2.75) is 22.8 Å². The molecular weight excluding hydrogens is 408 g/mol. The molecule has 1 N–H and O–H groups in total. The Kier molecular flexibility index (Phi) is 5.75. The molecule has 0 bridgehead atoms. The third-order valence-corrected chi connectivity index (χ3v) is 6.09. The smallest absolute Gasteiger partial charge is 0.194 e. The molecule has 8 heteroatoms. The van der Waals surface area contributed by atoms with Crippen LogP contribution in [0.15, 0.2) is 77.3 Å². The summed E-state index contributed by atoms with van der Waals surface area (Å²) in [7, 11) is 1.72. The molecule has 0 spiro atoms. The summed E-state index contributed by atoms with van der Waals surface area (Å²) in [6.07, 6.45) is 6.21. The third kappa shape index (κ3) is 4.10. The van der Waals surface area contributed by atoms with Gasteiger partial charge in [-0.25, -0.2) is 14.6 Å². The topological polar surface area (TPSA) is 77.8 Å². The van der Waals surface area contributed by atoms with Crippen LogP contribution < -0.4 is 5.32 Å². The Morgan fingerprint density at radius 2 is 1.94 bits per heavy atom. The average molecular weight is 431 g/mol. The first kappa shape index (κ1) is 19.9. The number of hydrogen-bond acceptors (Lipinski definition) is 7. The van der Waals surface area contributed by atoms with Crippen molar-refractivity contribution in [2.75, 3.05) is 20.3 Å². The van der Waals surface area contributed by atoms with E-state index in [0.717, 1.165) is 45.4 Å². The van der Waals surface area contributed by atoms with Gasteiger partial charge in [0.1, 0.15) is 11.2 Å². The summed E-state index contributed by atoms with van der Waals surface area (Å²) < 4.78 is 7.17. The Bertz CT molecular complexity index is 1170. The van der Waals surface area contributed by atoms with Crippen molar-refractivity contribution >= 4 is 11.8 Å². The number of nitrogens with zero attached hydrogens (tertiary/aromatic N) is 5. The molecule has 3 aromatic heterocycles. The van der Waals surface area contributed by atoms with Crippen LogP contribution in [0.2, 0.25) is 0 Å². The minimum absolute atomic E-state index is 0.155. The number of fused-ring (bicyclic) bond motifs is 2. The van der Waals surface area contributed by atoms with Gasteiger partial charge in [-0.05, 0) is 48.5 Å². The van der Waals surface area contributed by atoms with Crippen LogP contribution in [0.5, 0.6) is 0 Å². The molecule has 0 amide bonds. The van der Waals surface area contributed by atoms with Crippen LogP contribution in [0, 0.1) is 0 Å². The number of ether oxygens (including phenoxy) is 1. The fourth-order valence-electron chi connectivity index (χ4n) is 3.57. The molecule has 7 nitrogen and oxygen atoms in total. The second kappa shape index (κ2) is 8.97. The van der Waals surface area contributed by atoms with Gasteiger partial charge in [-0.15, -0.1) is 5.10 Å². The molecule has 0 fully saturated rings. The van der Waals surface area contributed by atoms with Gasteiger partial charge in [-0.1, -0.05) is 30.3 Å². The number of aromatic nitrogens is 5. The Hall–Kier alpha value is -3.07. The van der Waals surface area contributed by atoms with Gasteiger partial charge in [0.25, 0.3) is 0 Å². The fraction of sp³-hybridized carbons (Fsp3) is 0.217. The number of methoxy groups -OCH3 is 1. The summed E-state index contributed by atoms with van der Waals surface area (Å²) in [6.45, 7) is 1.49. The lowest BCUT2D eigenvalue weighted by Crippen LogP contribution is -2.32. The predicted molar refractivity (Wildman–Crippen MR) is 120 cm³/mol. The van der Waals surface area contributed by atoms with Crippen molar-refractivity contribution in [3.8, 4) is 22.5 Å². The molecule has 4 aromatic rings. The molecule has 4 heterocycles. The molecular formula is C23H22N6OS. The van der Waals surface area contributed by atoms with Crippen molar-refractivity contribution in [1.82, 2.24) is 30.0 Å². The van der Waals surface area contributed by atoms with E-state index in [-0.39, 0.29) is 6.17 Å². The molecule has 5 rings (SSSR count). The van der Waals surface area contributed by atoms with Gasteiger partial charge >= 0.3 is 0 Å². The number of pyridine rings is 2. The third-order valence-electron chi connectivity index (χ3n) is 5.10. The Labute approximate surface area is 184 Å². The minimum Gasteiger partial charge on any atom is -0.385 e. The van der Waals surface area contributed by atoms with E-state index in [4.69, 9.17) is 19.8 Å². The average Bonchev–Trinajstić information content (AvgIpc) is 3.26. The maximum atomic E-state index is 5.21. The van der Waals surface area contributed by atoms with Gasteiger partial charge in [0.2, 0.25) is 0 Å². The zero-order valence-electron chi connectivity index (χ0n) is 17.1. The fourth-order valence-corrected chi connectivity index (χ4v) is 4.51. The van der Waals surface area contributed by atoms with E-state index in [1.165, 1.54) is 0 Å². The van der Waals surface area contributed by atoms with Crippen LogP contribution in [0.1, 0.15) is 18.2 Å². The lowest BCUT2D eigenvalue weighted by molar-refractivity contribution is 0.191. The number of benzene rings is 1. The maximum Gasteiger partial charge on any atom is 0.194 e. The van der Waals surface area contributed by atoms with Gasteiger partial charge in [0.05, 0.1) is 0 Å². The molecule has 0 saturated heterocycles. The normalized spacial score (nSPS) is 14.8. The van der Waals surface area contributed by atoms with Crippen LogP contribution >= 0.6 is 11.8 Å². The van der Waals surface area contributed by atoms with Crippen LogP contribution in [0.25, 0.3) is 22.5 Å². The highest BCUT2D eigenvalue weighted by molar-refractivity contribution is 7.99. The Morgan fingerprint density at radius 3 is 2.74 bits per heavy atom. The number of rotatable bonds is 7. The van der Waals surface area contributed by atoms with Crippen LogP contribution in [-0.4, -0.2) is 45.0 Å². The molecule has 0 radical (unpaired) electrons. The molecule has 1 aromatic carbocycles. The summed E-state index contributed by atoms with van der Waals surface area (Å²) in [5.41, 5.74) is 4.21. The molecule has 31 heavy (non-hydrogen) atoms. The van der Waals surface area contributed by atoms with Crippen LogP contribution in [-0.2, 0) is 4.74 Å². The molecule has 1 aliphatic heterocycles. The van der Waals surface area contributed by atoms with E-state index in [2.05, 4.69) is 28.5 Å². The molecule has 0 aliphatic carbocycles. The summed E-state index contributed by atoms with van der Waals surface area (Å²) in [6, 6.07) is 16.4. The monoisotopic (exact) mass is 430 g/mol. The molecule has 0 unspecified atom stereocenters. The number of nitrogens with one attached hydrogen (secondary N) is 1. The van der Waals surface area contributed by atoms with Crippen molar-refractivity contribution < 1.29 is 4.74 Å². The van der Waals surface area contributed by atoms with Crippen molar-refractivity contribution in [2.24, 2.45) is 0 Å². The van der Waals surface area contributed by atoms with Crippen molar-refractivity contribution in [3.63, 3.8) is 0 Å². The molecule has 1 aliphatic rings. The van der Waals surface area contributed by atoms with Gasteiger partial charge < -0.3 is 4.74 Å². The first-order chi connectivity index (χ1) is 15.3. The zero-order chi connectivity index (χ0) is 21.0. The molecule has 0 saturated carbocycles. The number of hydrogen-bond donors (Lipinski definition) is 1. The van der Waals surface area contributed by atoms with E-state index in [0.29, 0.717) is 12.4 Å². The van der Waals surface area contributed by atoms with Crippen LogP contribution in [0.4, 0.5) is 0 Å². The summed E-state index contributed by atoms with van der Waals surface area (Å²) in [5, 5.41) is 10.2. The SMILES string of the molecule is COCCCN[C@H]1c2cc(-c3ccccc3)cnc2Sc2nc(-c3cccnc3)nn21. The Morgan fingerprint density at radius 1 is 1.06 bits per heavy atom. The molecule has 1 atom stereocenters. The Balaban J connectivity index is 1.54. The molecule has 156 valence electrons. The first-order valence-corrected chi connectivity index (χ1v) is 11.0. The quantitative estimate of drug-likeness (QED) is 0.443. The summed E-state index contributed by atoms with van der Waals surface area (Å²) in [5.74, 6) is 0.662. The van der Waals surface area contributed by atoms with Gasteiger partial charge in [-0.3, -0.25) is 10.3 Å². The largest absolute Gasteiger partial charge is 0.385 e. The van der Waals surface area contributed by atoms with Gasteiger partial charge in [0, 0.05) is 49.0 Å². The van der Waals surface area contributed by atoms with Gasteiger partial charge in [0.15, 0.2) is 11.0 Å². The van der Waals surface area contributed by atoms with Crippen molar-refractivity contribution in [3.05, 3.63) is 72.7 Å². The highest BCUT2D eigenvalue weighted by Crippen LogP contribution is 2.40.